The van der Waals surface area contributed by atoms with Crippen LogP contribution in [0.5, 0.6) is 5.75 Å². The number of nitro groups is 1. The number of benzene rings is 2. The van der Waals surface area contributed by atoms with E-state index >= 15 is 0 Å². The fraction of sp³-hybridized carbons (Fsp3) is 0.250. The van der Waals surface area contributed by atoms with Gasteiger partial charge in [-0.15, -0.1) is 0 Å². The Labute approximate surface area is 180 Å². The van der Waals surface area contributed by atoms with Crippen LogP contribution in [-0.2, 0) is 20.7 Å². The van der Waals surface area contributed by atoms with Crippen molar-refractivity contribution in [2.75, 3.05) is 20.3 Å². The predicted molar refractivity (Wildman–Crippen MR) is 105 cm³/mol. The monoisotopic (exact) mass is 452 g/mol. The van der Waals surface area contributed by atoms with Crippen molar-refractivity contribution in [3.8, 4) is 5.75 Å². The molecule has 32 heavy (non-hydrogen) atoms. The van der Waals surface area contributed by atoms with Crippen molar-refractivity contribution in [2.45, 2.75) is 13.0 Å². The number of halogens is 2. The number of nitrogens with one attached hydrogen (secondary N) is 1. The molecule has 0 unspecified atom stereocenters. The summed E-state index contributed by atoms with van der Waals surface area (Å²) in [7, 11) is 1.08. The number of alkyl halides is 2. The molecule has 0 spiro atoms. The molecule has 1 amide bonds. The van der Waals surface area contributed by atoms with E-state index in [1.165, 1.54) is 12.1 Å². The summed E-state index contributed by atoms with van der Waals surface area (Å²) in [6.07, 6.45) is 0.377. The van der Waals surface area contributed by atoms with Gasteiger partial charge in [-0.2, -0.15) is 8.78 Å². The number of non-ortho nitro benzene ring substituents is 1. The number of nitro benzene ring substituents is 1. The third-order valence-corrected chi connectivity index (χ3v) is 4.00. The molecule has 10 nitrogen and oxygen atoms in total. The summed E-state index contributed by atoms with van der Waals surface area (Å²) in [5, 5.41) is 13.5. The molecular weight excluding hydrogens is 434 g/mol. The summed E-state index contributed by atoms with van der Waals surface area (Å²) in [6.45, 7) is -3.40. The number of amides is 1. The van der Waals surface area contributed by atoms with E-state index in [9.17, 15) is 33.3 Å². The summed E-state index contributed by atoms with van der Waals surface area (Å²) in [6, 6.07) is 8.77. The zero-order valence-electron chi connectivity index (χ0n) is 16.7. The zero-order valence-corrected chi connectivity index (χ0v) is 16.7. The third-order valence-electron chi connectivity index (χ3n) is 4.00. The molecule has 0 atom stereocenters. The molecule has 1 N–H and O–H groups in total. The van der Waals surface area contributed by atoms with Crippen LogP contribution in [0.3, 0.4) is 0 Å². The Morgan fingerprint density at radius 1 is 1.06 bits per heavy atom. The lowest BCUT2D eigenvalue weighted by molar-refractivity contribution is -0.384. The van der Waals surface area contributed by atoms with Gasteiger partial charge in [0.15, 0.2) is 6.61 Å². The number of carbonyl (C=O) groups is 3. The van der Waals surface area contributed by atoms with Gasteiger partial charge in [0.05, 0.1) is 23.2 Å². The number of esters is 2. The second-order valence-corrected chi connectivity index (χ2v) is 6.22. The van der Waals surface area contributed by atoms with Crippen LogP contribution in [0.1, 0.15) is 26.3 Å². The SMILES string of the molecule is COC(=O)c1cc(C(=O)OCC(=O)NCCc2ccc(OC(F)F)cc2)cc([N+](=O)[O-])c1. The highest BCUT2D eigenvalue weighted by Gasteiger charge is 2.20. The molecule has 0 aliphatic heterocycles. The second kappa shape index (κ2) is 11.3. The first-order chi connectivity index (χ1) is 15.2. The van der Waals surface area contributed by atoms with Crippen molar-refractivity contribution in [2.24, 2.45) is 0 Å². The highest BCUT2D eigenvalue weighted by Crippen LogP contribution is 2.19. The normalized spacial score (nSPS) is 10.4. The highest BCUT2D eigenvalue weighted by molar-refractivity contribution is 5.97. The van der Waals surface area contributed by atoms with Crippen LogP contribution in [0.25, 0.3) is 0 Å². The van der Waals surface area contributed by atoms with Gasteiger partial charge in [0.2, 0.25) is 0 Å². The van der Waals surface area contributed by atoms with E-state index in [1.807, 2.05) is 0 Å². The second-order valence-electron chi connectivity index (χ2n) is 6.22. The van der Waals surface area contributed by atoms with Crippen molar-refractivity contribution in [1.82, 2.24) is 5.32 Å². The molecule has 2 aromatic carbocycles. The van der Waals surface area contributed by atoms with Crippen molar-refractivity contribution < 1.29 is 42.3 Å². The molecule has 0 aromatic heterocycles. The van der Waals surface area contributed by atoms with Crippen LogP contribution >= 0.6 is 0 Å². The third kappa shape index (κ3) is 7.31. The lowest BCUT2D eigenvalue weighted by Crippen LogP contribution is -2.30. The Balaban J connectivity index is 1.86. The number of nitrogens with zero attached hydrogens (tertiary/aromatic N) is 1. The van der Waals surface area contributed by atoms with E-state index in [0.29, 0.717) is 6.42 Å². The van der Waals surface area contributed by atoms with Crippen LogP contribution in [0.15, 0.2) is 42.5 Å². The first kappa shape index (κ1) is 24.2. The van der Waals surface area contributed by atoms with Gasteiger partial charge in [-0.3, -0.25) is 14.9 Å². The highest BCUT2D eigenvalue weighted by atomic mass is 19.3. The Morgan fingerprint density at radius 2 is 1.69 bits per heavy atom. The van der Waals surface area contributed by atoms with E-state index in [4.69, 9.17) is 4.74 Å². The number of methoxy groups -OCH3 is 1. The number of carbonyl (C=O) groups excluding carboxylic acids is 3. The summed E-state index contributed by atoms with van der Waals surface area (Å²) >= 11 is 0. The Kier molecular flexibility index (Phi) is 8.57. The first-order valence-electron chi connectivity index (χ1n) is 9.05. The van der Waals surface area contributed by atoms with Crippen LogP contribution in [-0.4, -0.2) is 49.6 Å². The van der Waals surface area contributed by atoms with Gasteiger partial charge in [0.25, 0.3) is 11.6 Å². The van der Waals surface area contributed by atoms with Crippen LogP contribution in [0, 0.1) is 10.1 Å². The minimum Gasteiger partial charge on any atom is -0.465 e. The van der Waals surface area contributed by atoms with Gasteiger partial charge in [0.1, 0.15) is 5.75 Å². The topological polar surface area (TPSA) is 134 Å². The van der Waals surface area contributed by atoms with Gasteiger partial charge in [-0.25, -0.2) is 9.59 Å². The van der Waals surface area contributed by atoms with E-state index in [2.05, 4.69) is 14.8 Å². The fourth-order valence-electron chi connectivity index (χ4n) is 2.52. The van der Waals surface area contributed by atoms with Gasteiger partial charge >= 0.3 is 18.6 Å². The largest absolute Gasteiger partial charge is 0.465 e. The molecule has 0 heterocycles. The van der Waals surface area contributed by atoms with E-state index in [0.717, 1.165) is 30.9 Å². The Morgan fingerprint density at radius 3 is 2.25 bits per heavy atom. The molecule has 0 aliphatic rings. The Hall–Kier alpha value is -4.09. The smallest absolute Gasteiger partial charge is 0.387 e. The maximum Gasteiger partial charge on any atom is 0.387 e. The summed E-state index contributed by atoms with van der Waals surface area (Å²) in [4.78, 5) is 45.9. The first-order valence-corrected chi connectivity index (χ1v) is 9.05. The molecule has 0 aliphatic carbocycles. The zero-order chi connectivity index (χ0) is 23.7. The number of rotatable bonds is 10. The Bertz CT molecular complexity index is 996. The molecule has 0 fully saturated rings. The summed E-state index contributed by atoms with van der Waals surface area (Å²) in [5.41, 5.74) is -0.285. The maximum absolute atomic E-state index is 12.1. The average Bonchev–Trinajstić information content (AvgIpc) is 2.77. The lowest BCUT2D eigenvalue weighted by atomic mass is 10.1. The fourth-order valence-corrected chi connectivity index (χ4v) is 2.52. The van der Waals surface area contributed by atoms with Crippen molar-refractivity contribution in [1.29, 1.82) is 0 Å². The standard InChI is InChI=1S/C20H18F2N2O8/c1-30-18(26)13-8-14(10-15(9-13)24(28)29)19(27)31-11-17(25)23-7-6-12-2-4-16(5-3-12)32-20(21)22/h2-5,8-10,20H,6-7,11H2,1H3,(H,23,25). The molecule has 0 saturated carbocycles. The molecule has 0 radical (unpaired) electrons. The van der Waals surface area contributed by atoms with Crippen molar-refractivity contribution >= 4 is 23.5 Å². The van der Waals surface area contributed by atoms with Gasteiger partial charge < -0.3 is 19.5 Å². The molecule has 0 saturated heterocycles. The average molecular weight is 452 g/mol. The molecular formula is C20H18F2N2O8. The van der Waals surface area contributed by atoms with E-state index < -0.39 is 41.7 Å². The van der Waals surface area contributed by atoms with Crippen LogP contribution in [0.2, 0.25) is 0 Å². The van der Waals surface area contributed by atoms with E-state index in [-0.39, 0.29) is 23.4 Å². The van der Waals surface area contributed by atoms with Gasteiger partial charge in [-0.1, -0.05) is 12.1 Å². The minimum atomic E-state index is -2.92. The summed E-state index contributed by atoms with van der Waals surface area (Å²) < 4.78 is 37.8. The molecule has 12 heteroatoms. The van der Waals surface area contributed by atoms with E-state index in [1.54, 1.807) is 12.1 Å². The maximum atomic E-state index is 12.1. The molecule has 170 valence electrons. The number of hydrogen-bond acceptors (Lipinski definition) is 8. The minimum absolute atomic E-state index is 0.0104. The van der Waals surface area contributed by atoms with Gasteiger partial charge in [-0.05, 0) is 30.2 Å². The molecule has 2 aromatic rings. The molecule has 0 bridgehead atoms. The van der Waals surface area contributed by atoms with Crippen LogP contribution < -0.4 is 10.1 Å². The van der Waals surface area contributed by atoms with Gasteiger partial charge in [0, 0.05) is 18.7 Å². The molecule has 2 rings (SSSR count). The predicted octanol–water partition coefficient (Wildman–Crippen LogP) is 2.50. The number of ether oxygens (including phenoxy) is 3. The quantitative estimate of drug-likeness (QED) is 0.330. The number of hydrogen-bond donors (Lipinski definition) is 1. The van der Waals surface area contributed by atoms with Crippen molar-refractivity contribution in [3.05, 3.63) is 69.3 Å². The van der Waals surface area contributed by atoms with Crippen LogP contribution in [0.4, 0.5) is 14.5 Å². The van der Waals surface area contributed by atoms with Crippen molar-refractivity contribution in [3.63, 3.8) is 0 Å². The summed E-state index contributed by atoms with van der Waals surface area (Å²) in [5.74, 6) is -2.54. The lowest BCUT2D eigenvalue weighted by Gasteiger charge is -2.08.